The molecule has 0 bridgehead atoms. The van der Waals surface area contributed by atoms with E-state index in [-0.39, 0.29) is 17.2 Å². The van der Waals surface area contributed by atoms with Crippen molar-refractivity contribution in [1.82, 2.24) is 0 Å². The van der Waals surface area contributed by atoms with Gasteiger partial charge < -0.3 is 10.6 Å². The zero-order valence-electron chi connectivity index (χ0n) is 16.2. The standard InChI is InChI=1S/C23H14ClF3N2O2S/c24-19-17-6-1-2-7-18(17)32-20(19)22(31)28-15-10-8-13(9-11-15)21(30)29-16-5-3-4-14(12-16)23(25,26)27/h1-12H,(H,28,31)(H,29,30). The highest BCUT2D eigenvalue weighted by Crippen LogP contribution is 2.35. The summed E-state index contributed by atoms with van der Waals surface area (Å²) >= 11 is 7.60. The van der Waals surface area contributed by atoms with Crippen LogP contribution in [0.15, 0.2) is 72.8 Å². The maximum atomic E-state index is 12.8. The normalized spacial score (nSPS) is 11.4. The van der Waals surface area contributed by atoms with E-state index in [1.807, 2.05) is 24.3 Å². The Morgan fingerprint density at radius 2 is 1.50 bits per heavy atom. The zero-order valence-corrected chi connectivity index (χ0v) is 17.7. The first kappa shape index (κ1) is 21.9. The van der Waals surface area contributed by atoms with E-state index in [4.69, 9.17) is 11.6 Å². The molecule has 32 heavy (non-hydrogen) atoms. The first-order valence-electron chi connectivity index (χ1n) is 9.29. The lowest BCUT2D eigenvalue weighted by Gasteiger charge is -2.10. The molecule has 0 spiro atoms. The van der Waals surface area contributed by atoms with Crippen LogP contribution in [-0.2, 0) is 6.18 Å². The molecule has 0 aliphatic heterocycles. The lowest BCUT2D eigenvalue weighted by molar-refractivity contribution is -0.137. The maximum absolute atomic E-state index is 12.8. The highest BCUT2D eigenvalue weighted by Gasteiger charge is 2.30. The monoisotopic (exact) mass is 474 g/mol. The van der Waals surface area contributed by atoms with E-state index in [0.717, 1.165) is 22.2 Å². The molecule has 0 saturated heterocycles. The van der Waals surface area contributed by atoms with Crippen molar-refractivity contribution in [2.45, 2.75) is 6.18 Å². The van der Waals surface area contributed by atoms with Crippen LogP contribution in [0.3, 0.4) is 0 Å². The highest BCUT2D eigenvalue weighted by atomic mass is 35.5. The van der Waals surface area contributed by atoms with Gasteiger partial charge in [0.1, 0.15) is 4.88 Å². The molecule has 2 N–H and O–H groups in total. The Balaban J connectivity index is 1.45. The van der Waals surface area contributed by atoms with E-state index < -0.39 is 17.6 Å². The number of fused-ring (bicyclic) bond motifs is 1. The van der Waals surface area contributed by atoms with Crippen LogP contribution in [0.5, 0.6) is 0 Å². The maximum Gasteiger partial charge on any atom is 0.416 e. The first-order valence-corrected chi connectivity index (χ1v) is 10.5. The Morgan fingerprint density at radius 3 is 2.19 bits per heavy atom. The van der Waals surface area contributed by atoms with Crippen LogP contribution in [0, 0.1) is 0 Å². The number of hydrogen-bond donors (Lipinski definition) is 2. The fourth-order valence-electron chi connectivity index (χ4n) is 3.03. The fourth-order valence-corrected chi connectivity index (χ4v) is 4.44. The molecule has 0 unspecified atom stereocenters. The third-order valence-corrected chi connectivity index (χ3v) is 6.27. The number of rotatable bonds is 4. The summed E-state index contributed by atoms with van der Waals surface area (Å²) in [4.78, 5) is 25.4. The average molecular weight is 475 g/mol. The molecule has 4 nitrogen and oxygen atoms in total. The van der Waals surface area contributed by atoms with E-state index in [2.05, 4.69) is 10.6 Å². The average Bonchev–Trinajstić information content (AvgIpc) is 3.11. The van der Waals surface area contributed by atoms with Gasteiger partial charge in [-0.2, -0.15) is 13.2 Å². The molecule has 0 fully saturated rings. The van der Waals surface area contributed by atoms with Crippen molar-refractivity contribution in [2.75, 3.05) is 10.6 Å². The van der Waals surface area contributed by atoms with Gasteiger partial charge in [-0.05, 0) is 48.5 Å². The van der Waals surface area contributed by atoms with Crippen molar-refractivity contribution in [1.29, 1.82) is 0 Å². The number of amides is 2. The summed E-state index contributed by atoms with van der Waals surface area (Å²) in [6.45, 7) is 0. The Kier molecular flexibility index (Phi) is 5.90. The molecule has 4 aromatic rings. The van der Waals surface area contributed by atoms with Gasteiger partial charge in [0.2, 0.25) is 0 Å². The third kappa shape index (κ3) is 4.61. The van der Waals surface area contributed by atoms with Gasteiger partial charge in [-0.3, -0.25) is 9.59 Å². The zero-order chi connectivity index (χ0) is 22.9. The molecule has 4 rings (SSSR count). The first-order chi connectivity index (χ1) is 15.2. The van der Waals surface area contributed by atoms with Crippen molar-refractivity contribution in [3.05, 3.63) is 93.8 Å². The Labute approximate surface area is 189 Å². The van der Waals surface area contributed by atoms with E-state index >= 15 is 0 Å². The molecule has 9 heteroatoms. The molecule has 1 heterocycles. The Bertz CT molecular complexity index is 1320. The van der Waals surface area contributed by atoms with E-state index in [9.17, 15) is 22.8 Å². The van der Waals surface area contributed by atoms with Crippen LogP contribution in [-0.4, -0.2) is 11.8 Å². The van der Waals surface area contributed by atoms with Gasteiger partial charge in [0, 0.05) is 27.0 Å². The molecule has 0 atom stereocenters. The SMILES string of the molecule is O=C(Nc1cccc(C(F)(F)F)c1)c1ccc(NC(=O)c2sc3ccccc3c2Cl)cc1. The van der Waals surface area contributed by atoms with Gasteiger partial charge in [-0.25, -0.2) is 0 Å². The van der Waals surface area contributed by atoms with Crippen LogP contribution >= 0.6 is 22.9 Å². The van der Waals surface area contributed by atoms with Crippen molar-refractivity contribution in [3.63, 3.8) is 0 Å². The predicted octanol–water partition coefficient (Wildman–Crippen LogP) is 7.08. The van der Waals surface area contributed by atoms with Crippen molar-refractivity contribution in [2.24, 2.45) is 0 Å². The number of anilines is 2. The second-order valence-electron chi connectivity index (χ2n) is 6.81. The molecular weight excluding hydrogens is 461 g/mol. The topological polar surface area (TPSA) is 58.2 Å². The van der Waals surface area contributed by atoms with Crippen LogP contribution < -0.4 is 10.6 Å². The van der Waals surface area contributed by atoms with Crippen LogP contribution in [0.1, 0.15) is 25.6 Å². The van der Waals surface area contributed by atoms with Gasteiger partial charge >= 0.3 is 6.18 Å². The number of alkyl halides is 3. The molecule has 0 aliphatic carbocycles. The largest absolute Gasteiger partial charge is 0.416 e. The third-order valence-electron chi connectivity index (χ3n) is 4.59. The number of benzene rings is 3. The fraction of sp³-hybridized carbons (Fsp3) is 0.0435. The minimum atomic E-state index is -4.50. The minimum Gasteiger partial charge on any atom is -0.322 e. The van der Waals surface area contributed by atoms with Crippen LogP contribution in [0.25, 0.3) is 10.1 Å². The van der Waals surface area contributed by atoms with Crippen molar-refractivity contribution >= 4 is 56.2 Å². The number of halogens is 4. The highest BCUT2D eigenvalue weighted by molar-refractivity contribution is 7.21. The van der Waals surface area contributed by atoms with Crippen LogP contribution in [0.2, 0.25) is 5.02 Å². The summed E-state index contributed by atoms with van der Waals surface area (Å²) in [7, 11) is 0. The number of hydrogen-bond acceptors (Lipinski definition) is 3. The van der Waals surface area contributed by atoms with Gasteiger partial charge in [-0.1, -0.05) is 35.9 Å². The van der Waals surface area contributed by atoms with Crippen molar-refractivity contribution < 1.29 is 22.8 Å². The number of carbonyl (C=O) groups excluding carboxylic acids is 2. The van der Waals surface area contributed by atoms with E-state index in [0.29, 0.717) is 15.6 Å². The van der Waals surface area contributed by atoms with E-state index in [1.165, 1.54) is 47.7 Å². The number of nitrogens with one attached hydrogen (secondary N) is 2. The summed E-state index contributed by atoms with van der Waals surface area (Å²) in [5, 5.41) is 6.34. The van der Waals surface area contributed by atoms with Crippen LogP contribution in [0.4, 0.5) is 24.5 Å². The lowest BCUT2D eigenvalue weighted by atomic mass is 10.1. The summed E-state index contributed by atoms with van der Waals surface area (Å²) in [6.07, 6.45) is -4.50. The smallest absolute Gasteiger partial charge is 0.322 e. The molecule has 3 aromatic carbocycles. The molecule has 1 aromatic heterocycles. The molecule has 162 valence electrons. The summed E-state index contributed by atoms with van der Waals surface area (Å²) in [5.74, 6) is -0.952. The Hall–Kier alpha value is -3.36. The number of carbonyl (C=O) groups is 2. The minimum absolute atomic E-state index is 0.0293. The molecule has 0 aliphatic rings. The van der Waals surface area contributed by atoms with Crippen molar-refractivity contribution in [3.8, 4) is 0 Å². The van der Waals surface area contributed by atoms with Gasteiger partial charge in [0.25, 0.3) is 11.8 Å². The number of thiophene rings is 1. The second-order valence-corrected chi connectivity index (χ2v) is 8.24. The molecular formula is C23H14ClF3N2O2S. The molecule has 0 saturated carbocycles. The van der Waals surface area contributed by atoms with Gasteiger partial charge in [0.15, 0.2) is 0 Å². The van der Waals surface area contributed by atoms with E-state index in [1.54, 1.807) is 0 Å². The summed E-state index contributed by atoms with van der Waals surface area (Å²) < 4.78 is 39.4. The molecule has 0 radical (unpaired) electrons. The predicted molar refractivity (Wildman–Crippen MR) is 121 cm³/mol. The molecule has 2 amide bonds. The lowest BCUT2D eigenvalue weighted by Crippen LogP contribution is -2.14. The summed E-state index contributed by atoms with van der Waals surface area (Å²) in [6, 6.07) is 17.8. The van der Waals surface area contributed by atoms with Gasteiger partial charge in [-0.15, -0.1) is 11.3 Å². The second kappa shape index (κ2) is 8.64. The Morgan fingerprint density at radius 1 is 0.812 bits per heavy atom. The summed E-state index contributed by atoms with van der Waals surface area (Å²) in [5.41, 5.74) is -0.158. The van der Waals surface area contributed by atoms with Gasteiger partial charge in [0.05, 0.1) is 10.6 Å². The quantitative estimate of drug-likeness (QED) is 0.332.